The summed E-state index contributed by atoms with van der Waals surface area (Å²) in [5, 5.41) is 2.85. The lowest BCUT2D eigenvalue weighted by Crippen LogP contribution is -2.14. The van der Waals surface area contributed by atoms with Gasteiger partial charge >= 0.3 is 6.18 Å². The second kappa shape index (κ2) is 8.40. The maximum Gasteiger partial charge on any atom is 0.418 e. The smallest absolute Gasteiger partial charge is 0.418 e. The predicted molar refractivity (Wildman–Crippen MR) is 111 cm³/mol. The number of carbonyl (C=O) groups is 1. The Kier molecular flexibility index (Phi) is 6.14. The molecule has 1 amide bonds. The van der Waals surface area contributed by atoms with E-state index < -0.39 is 17.6 Å². The number of nitrogens with one attached hydrogen (secondary N) is 1. The highest BCUT2D eigenvalue weighted by Crippen LogP contribution is 2.35. The standard InChI is InChI=1S/C20H12ClF3INO2/c21-13-3-1-12(2-4-13)18-9-6-15(28-18)7-10-19(27)26-17-8-5-14(25)11-16(17)20(22,23)24/h1-11H,(H,26,27). The summed E-state index contributed by atoms with van der Waals surface area (Å²) >= 11 is 7.63. The van der Waals surface area contributed by atoms with Gasteiger partial charge in [-0.15, -0.1) is 0 Å². The van der Waals surface area contributed by atoms with Crippen molar-refractivity contribution in [2.75, 3.05) is 5.32 Å². The highest BCUT2D eigenvalue weighted by atomic mass is 127. The van der Waals surface area contributed by atoms with Gasteiger partial charge < -0.3 is 9.73 Å². The van der Waals surface area contributed by atoms with E-state index in [2.05, 4.69) is 5.32 Å². The van der Waals surface area contributed by atoms with E-state index in [9.17, 15) is 18.0 Å². The Morgan fingerprint density at radius 2 is 1.79 bits per heavy atom. The molecule has 8 heteroatoms. The first-order valence-electron chi connectivity index (χ1n) is 7.94. The molecule has 0 unspecified atom stereocenters. The van der Waals surface area contributed by atoms with Crippen molar-refractivity contribution in [1.29, 1.82) is 0 Å². The maximum atomic E-state index is 13.1. The van der Waals surface area contributed by atoms with Crippen molar-refractivity contribution in [1.82, 2.24) is 0 Å². The van der Waals surface area contributed by atoms with Crippen LogP contribution in [-0.4, -0.2) is 5.91 Å². The van der Waals surface area contributed by atoms with E-state index >= 15 is 0 Å². The van der Waals surface area contributed by atoms with Gasteiger partial charge in [-0.1, -0.05) is 11.6 Å². The molecule has 1 aromatic heterocycles. The van der Waals surface area contributed by atoms with E-state index in [1.54, 1.807) is 59.0 Å². The molecule has 3 rings (SSSR count). The van der Waals surface area contributed by atoms with Crippen molar-refractivity contribution < 1.29 is 22.4 Å². The Labute approximate surface area is 177 Å². The first kappa shape index (κ1) is 20.5. The Bertz CT molecular complexity index is 1030. The third kappa shape index (κ3) is 5.17. The largest absolute Gasteiger partial charge is 0.457 e. The monoisotopic (exact) mass is 517 g/mol. The first-order chi connectivity index (χ1) is 13.2. The molecule has 0 fully saturated rings. The van der Waals surface area contributed by atoms with Gasteiger partial charge in [0.25, 0.3) is 0 Å². The lowest BCUT2D eigenvalue weighted by Gasteiger charge is -2.13. The fourth-order valence-corrected chi connectivity index (χ4v) is 3.02. The summed E-state index contributed by atoms with van der Waals surface area (Å²) in [6.45, 7) is 0. The van der Waals surface area contributed by atoms with Crippen LogP contribution in [0.4, 0.5) is 18.9 Å². The number of alkyl halides is 3. The van der Waals surface area contributed by atoms with Crippen LogP contribution in [0.15, 0.2) is 65.1 Å². The first-order valence-corrected chi connectivity index (χ1v) is 9.39. The number of hydrogen-bond donors (Lipinski definition) is 1. The Morgan fingerprint density at radius 1 is 1.07 bits per heavy atom. The summed E-state index contributed by atoms with van der Waals surface area (Å²) in [7, 11) is 0. The number of carbonyl (C=O) groups excluding carboxylic acids is 1. The van der Waals surface area contributed by atoms with Crippen LogP contribution in [0, 0.1) is 3.57 Å². The van der Waals surface area contributed by atoms with Crippen LogP contribution in [-0.2, 0) is 11.0 Å². The zero-order valence-corrected chi connectivity index (χ0v) is 17.0. The zero-order chi connectivity index (χ0) is 20.3. The number of amides is 1. The second-order valence-corrected chi connectivity index (χ2v) is 7.40. The minimum atomic E-state index is -4.57. The van der Waals surface area contributed by atoms with E-state index in [0.29, 0.717) is 20.1 Å². The van der Waals surface area contributed by atoms with Gasteiger partial charge in [-0.2, -0.15) is 13.2 Å². The molecule has 0 aliphatic heterocycles. The van der Waals surface area contributed by atoms with Crippen molar-refractivity contribution in [3.63, 3.8) is 0 Å². The molecular formula is C20H12ClF3INO2. The average Bonchev–Trinajstić information content (AvgIpc) is 3.10. The third-order valence-electron chi connectivity index (χ3n) is 3.70. The number of halogens is 5. The van der Waals surface area contributed by atoms with Crippen LogP contribution in [0.1, 0.15) is 11.3 Å². The number of rotatable bonds is 4. The summed E-state index contributed by atoms with van der Waals surface area (Å²) in [5.74, 6) is 0.267. The summed E-state index contributed by atoms with van der Waals surface area (Å²) in [6, 6.07) is 14.1. The lowest BCUT2D eigenvalue weighted by molar-refractivity contribution is -0.137. The fraction of sp³-hybridized carbons (Fsp3) is 0.0500. The number of furan rings is 1. The quantitative estimate of drug-likeness (QED) is 0.303. The van der Waals surface area contributed by atoms with Gasteiger partial charge in [0.05, 0.1) is 11.3 Å². The topological polar surface area (TPSA) is 42.2 Å². The molecule has 0 aliphatic rings. The van der Waals surface area contributed by atoms with Crippen LogP contribution >= 0.6 is 34.2 Å². The van der Waals surface area contributed by atoms with Crippen molar-refractivity contribution in [2.24, 2.45) is 0 Å². The summed E-state index contributed by atoms with van der Waals surface area (Å²) < 4.78 is 45.4. The van der Waals surface area contributed by atoms with Crippen molar-refractivity contribution in [3.05, 3.63) is 80.6 Å². The Hall–Kier alpha value is -2.26. The minimum absolute atomic E-state index is 0.302. The molecule has 3 aromatic rings. The summed E-state index contributed by atoms with van der Waals surface area (Å²) in [6.07, 6.45) is -2.07. The number of anilines is 1. The molecule has 0 atom stereocenters. The molecule has 0 saturated heterocycles. The van der Waals surface area contributed by atoms with Crippen molar-refractivity contribution in [3.8, 4) is 11.3 Å². The summed E-state index contributed by atoms with van der Waals surface area (Å²) in [5.41, 5.74) is -0.393. The van der Waals surface area contributed by atoms with E-state index in [4.69, 9.17) is 16.0 Å². The molecule has 0 saturated carbocycles. The van der Waals surface area contributed by atoms with Crippen molar-refractivity contribution in [2.45, 2.75) is 6.18 Å². The van der Waals surface area contributed by atoms with E-state index in [1.165, 1.54) is 18.2 Å². The molecule has 144 valence electrons. The molecular weight excluding hydrogens is 506 g/mol. The molecule has 2 aromatic carbocycles. The van der Waals surface area contributed by atoms with E-state index in [-0.39, 0.29) is 5.69 Å². The molecule has 0 radical (unpaired) electrons. The Balaban J connectivity index is 1.72. The predicted octanol–water partition coefficient (Wildman–Crippen LogP) is 6.88. The normalized spacial score (nSPS) is 11.8. The molecule has 1 heterocycles. The molecule has 28 heavy (non-hydrogen) atoms. The molecule has 1 N–H and O–H groups in total. The van der Waals surface area contributed by atoms with Crippen LogP contribution in [0.5, 0.6) is 0 Å². The van der Waals surface area contributed by atoms with Gasteiger partial charge in [-0.05, 0) is 83.3 Å². The highest BCUT2D eigenvalue weighted by Gasteiger charge is 2.34. The SMILES string of the molecule is O=C(C=Cc1ccc(-c2ccc(Cl)cc2)o1)Nc1ccc(I)cc1C(F)(F)F. The lowest BCUT2D eigenvalue weighted by atomic mass is 10.1. The van der Waals surface area contributed by atoms with Crippen LogP contribution in [0.3, 0.4) is 0 Å². The number of benzene rings is 2. The summed E-state index contributed by atoms with van der Waals surface area (Å²) in [4.78, 5) is 12.0. The molecule has 0 aliphatic carbocycles. The average molecular weight is 518 g/mol. The van der Waals surface area contributed by atoms with Gasteiger partial charge in [0.2, 0.25) is 5.91 Å². The molecule has 0 spiro atoms. The van der Waals surface area contributed by atoms with E-state index in [0.717, 1.165) is 17.7 Å². The molecule has 0 bridgehead atoms. The maximum absolute atomic E-state index is 13.1. The van der Waals surface area contributed by atoms with Gasteiger partial charge in [-0.3, -0.25) is 4.79 Å². The van der Waals surface area contributed by atoms with Crippen LogP contribution < -0.4 is 5.32 Å². The van der Waals surface area contributed by atoms with Gasteiger partial charge in [0, 0.05) is 20.2 Å². The van der Waals surface area contributed by atoms with Gasteiger partial charge in [0.1, 0.15) is 11.5 Å². The fourth-order valence-electron chi connectivity index (χ4n) is 2.40. The van der Waals surface area contributed by atoms with Crippen molar-refractivity contribution >= 4 is 51.9 Å². The highest BCUT2D eigenvalue weighted by molar-refractivity contribution is 14.1. The minimum Gasteiger partial charge on any atom is -0.457 e. The van der Waals surface area contributed by atoms with E-state index in [1.807, 2.05) is 0 Å². The van der Waals surface area contributed by atoms with Gasteiger partial charge in [-0.25, -0.2) is 0 Å². The van der Waals surface area contributed by atoms with Crippen LogP contribution in [0.2, 0.25) is 5.02 Å². The zero-order valence-electron chi connectivity index (χ0n) is 14.1. The van der Waals surface area contributed by atoms with Gasteiger partial charge in [0.15, 0.2) is 0 Å². The number of hydrogen-bond acceptors (Lipinski definition) is 2. The molecule has 3 nitrogen and oxygen atoms in total. The third-order valence-corrected chi connectivity index (χ3v) is 4.62. The second-order valence-electron chi connectivity index (χ2n) is 5.72. The van der Waals surface area contributed by atoms with Crippen LogP contribution in [0.25, 0.3) is 17.4 Å². The Morgan fingerprint density at radius 3 is 2.46 bits per heavy atom.